The minimum absolute atomic E-state index is 0.0446. The molecule has 0 radical (unpaired) electrons. The molecule has 0 aliphatic heterocycles. The van der Waals surface area contributed by atoms with Crippen LogP contribution in [0.5, 0.6) is 0 Å². The molecule has 1 unspecified atom stereocenters. The van der Waals surface area contributed by atoms with Crippen molar-refractivity contribution in [2.75, 3.05) is 0 Å². The van der Waals surface area contributed by atoms with Crippen LogP contribution in [0.1, 0.15) is 42.5 Å². The average Bonchev–Trinajstić information content (AvgIpc) is 2.74. The molecule has 1 aliphatic carbocycles. The van der Waals surface area contributed by atoms with Gasteiger partial charge in [-0.05, 0) is 37.3 Å². The number of thiazole rings is 1. The molecule has 3 rings (SSSR count). The molecule has 0 saturated heterocycles. The summed E-state index contributed by atoms with van der Waals surface area (Å²) >= 11 is 1.42. The smallest absolute Gasteiger partial charge is 0.133 e. The van der Waals surface area contributed by atoms with E-state index in [1.165, 1.54) is 17.4 Å². The van der Waals surface area contributed by atoms with E-state index in [1.54, 1.807) is 6.07 Å². The summed E-state index contributed by atoms with van der Waals surface area (Å²) in [4.78, 5) is 5.49. The summed E-state index contributed by atoms with van der Waals surface area (Å²) in [6.45, 7) is 6.20. The number of fused-ring (bicyclic) bond motifs is 1. The minimum atomic E-state index is -0.479. The van der Waals surface area contributed by atoms with Crippen molar-refractivity contribution in [3.05, 3.63) is 40.2 Å². The highest BCUT2D eigenvalue weighted by Gasteiger charge is 2.34. The quantitative estimate of drug-likeness (QED) is 0.851. The standard InChI is InChI=1S/C16H18FNOS/c1-9-4-5-11(17)10(6-9)15-18-12-7-16(2,3)8-13(19)14(12)20-15/h4-6,13,19H,7-8H2,1-3H3. The van der Waals surface area contributed by atoms with Crippen LogP contribution in [0.25, 0.3) is 10.6 Å². The fourth-order valence-corrected chi connectivity index (χ4v) is 3.90. The van der Waals surface area contributed by atoms with Crippen molar-refractivity contribution >= 4 is 11.3 Å². The van der Waals surface area contributed by atoms with Crippen LogP contribution < -0.4 is 0 Å². The first kappa shape index (κ1) is 13.7. The van der Waals surface area contributed by atoms with Crippen LogP contribution in [-0.2, 0) is 6.42 Å². The van der Waals surface area contributed by atoms with Gasteiger partial charge in [0.2, 0.25) is 0 Å². The molecule has 1 N–H and O–H groups in total. The number of aliphatic hydroxyl groups excluding tert-OH is 1. The minimum Gasteiger partial charge on any atom is -0.387 e. The van der Waals surface area contributed by atoms with Gasteiger partial charge in [0.05, 0.1) is 16.7 Å². The average molecular weight is 291 g/mol. The zero-order valence-electron chi connectivity index (χ0n) is 11.9. The van der Waals surface area contributed by atoms with Crippen LogP contribution in [0.2, 0.25) is 0 Å². The Morgan fingerprint density at radius 3 is 2.90 bits per heavy atom. The lowest BCUT2D eigenvalue weighted by Crippen LogP contribution is -2.24. The molecule has 0 fully saturated rings. The molecule has 1 aromatic heterocycles. The number of rotatable bonds is 1. The monoisotopic (exact) mass is 291 g/mol. The van der Waals surface area contributed by atoms with Gasteiger partial charge in [-0.2, -0.15) is 0 Å². The van der Waals surface area contributed by atoms with Gasteiger partial charge in [-0.15, -0.1) is 11.3 Å². The number of aliphatic hydroxyl groups is 1. The van der Waals surface area contributed by atoms with E-state index in [-0.39, 0.29) is 11.2 Å². The Balaban J connectivity index is 2.08. The van der Waals surface area contributed by atoms with Crippen molar-refractivity contribution in [1.82, 2.24) is 4.98 Å². The van der Waals surface area contributed by atoms with Crippen molar-refractivity contribution in [2.24, 2.45) is 5.41 Å². The highest BCUT2D eigenvalue weighted by Crippen LogP contribution is 2.44. The fraction of sp³-hybridized carbons (Fsp3) is 0.438. The second-order valence-electron chi connectivity index (χ2n) is 6.37. The van der Waals surface area contributed by atoms with Crippen molar-refractivity contribution < 1.29 is 9.50 Å². The Hall–Kier alpha value is -1.26. The Bertz CT molecular complexity index is 662. The Morgan fingerprint density at radius 1 is 1.40 bits per heavy atom. The Morgan fingerprint density at radius 2 is 2.15 bits per heavy atom. The molecule has 0 amide bonds. The predicted molar refractivity (Wildman–Crippen MR) is 79.3 cm³/mol. The zero-order chi connectivity index (χ0) is 14.5. The van der Waals surface area contributed by atoms with E-state index in [9.17, 15) is 9.50 Å². The molecule has 2 nitrogen and oxygen atoms in total. The van der Waals surface area contributed by atoms with Crippen LogP contribution in [0, 0.1) is 18.2 Å². The summed E-state index contributed by atoms with van der Waals surface area (Å²) in [7, 11) is 0. The number of hydrogen-bond donors (Lipinski definition) is 1. The number of aromatic nitrogens is 1. The highest BCUT2D eigenvalue weighted by atomic mass is 32.1. The van der Waals surface area contributed by atoms with Gasteiger partial charge in [-0.3, -0.25) is 0 Å². The number of benzene rings is 1. The summed E-state index contributed by atoms with van der Waals surface area (Å²) in [5, 5.41) is 10.9. The molecule has 1 atom stereocenters. The van der Waals surface area contributed by atoms with E-state index in [0.29, 0.717) is 10.6 Å². The molecular weight excluding hydrogens is 273 g/mol. The number of hydrogen-bond acceptors (Lipinski definition) is 3. The van der Waals surface area contributed by atoms with Crippen molar-refractivity contribution in [2.45, 2.75) is 39.7 Å². The fourth-order valence-electron chi connectivity index (χ4n) is 2.81. The normalized spacial score (nSPS) is 20.8. The lowest BCUT2D eigenvalue weighted by molar-refractivity contribution is 0.102. The van der Waals surface area contributed by atoms with E-state index < -0.39 is 6.10 Å². The van der Waals surface area contributed by atoms with E-state index in [1.807, 2.05) is 13.0 Å². The number of nitrogens with zero attached hydrogens (tertiary/aromatic N) is 1. The predicted octanol–water partition coefficient (Wildman–Crippen LogP) is 4.26. The maximum absolute atomic E-state index is 14.0. The van der Waals surface area contributed by atoms with Gasteiger partial charge in [-0.25, -0.2) is 9.37 Å². The van der Waals surface area contributed by atoms with Crippen LogP contribution >= 0.6 is 11.3 Å². The highest BCUT2D eigenvalue weighted by molar-refractivity contribution is 7.15. The van der Waals surface area contributed by atoms with Gasteiger partial charge in [0.25, 0.3) is 0 Å². The number of aryl methyl sites for hydroxylation is 1. The summed E-state index contributed by atoms with van der Waals surface area (Å²) in [5.41, 5.74) is 2.52. The van der Waals surface area contributed by atoms with Gasteiger partial charge < -0.3 is 5.11 Å². The van der Waals surface area contributed by atoms with Crippen LogP contribution in [0.15, 0.2) is 18.2 Å². The van der Waals surface area contributed by atoms with Crippen LogP contribution in [-0.4, -0.2) is 10.1 Å². The van der Waals surface area contributed by atoms with Gasteiger partial charge in [0.15, 0.2) is 0 Å². The van der Waals surface area contributed by atoms with E-state index in [2.05, 4.69) is 18.8 Å². The zero-order valence-corrected chi connectivity index (χ0v) is 12.7. The van der Waals surface area contributed by atoms with E-state index >= 15 is 0 Å². The molecule has 1 aromatic carbocycles. The summed E-state index contributed by atoms with van der Waals surface area (Å²) < 4.78 is 14.0. The maximum atomic E-state index is 14.0. The maximum Gasteiger partial charge on any atom is 0.133 e. The molecule has 0 spiro atoms. The SMILES string of the molecule is Cc1ccc(F)c(-c2nc3c(s2)C(O)CC(C)(C)C3)c1. The Kier molecular flexibility index (Phi) is 3.18. The van der Waals surface area contributed by atoms with E-state index in [4.69, 9.17) is 0 Å². The van der Waals surface area contributed by atoms with Crippen LogP contribution in [0.3, 0.4) is 0 Å². The second kappa shape index (κ2) is 4.64. The van der Waals surface area contributed by atoms with Gasteiger partial charge in [0.1, 0.15) is 10.8 Å². The largest absolute Gasteiger partial charge is 0.387 e. The van der Waals surface area contributed by atoms with Crippen molar-refractivity contribution in [3.63, 3.8) is 0 Å². The van der Waals surface area contributed by atoms with E-state index in [0.717, 1.165) is 29.0 Å². The third-order valence-corrected chi connectivity index (χ3v) is 5.01. The lowest BCUT2D eigenvalue weighted by atomic mass is 9.77. The molecule has 2 aromatic rings. The van der Waals surface area contributed by atoms with Gasteiger partial charge in [0, 0.05) is 5.56 Å². The first-order valence-corrected chi connectivity index (χ1v) is 7.61. The first-order valence-electron chi connectivity index (χ1n) is 6.80. The molecule has 1 aliphatic rings. The van der Waals surface area contributed by atoms with Crippen LogP contribution in [0.4, 0.5) is 4.39 Å². The summed E-state index contributed by atoms with van der Waals surface area (Å²) in [5.74, 6) is -0.254. The molecular formula is C16H18FNOS. The molecule has 1 heterocycles. The molecule has 4 heteroatoms. The van der Waals surface area contributed by atoms with Gasteiger partial charge in [-0.1, -0.05) is 25.5 Å². The number of halogens is 1. The lowest BCUT2D eigenvalue weighted by Gasteiger charge is -2.31. The molecule has 20 heavy (non-hydrogen) atoms. The molecule has 106 valence electrons. The third-order valence-electron chi connectivity index (χ3n) is 3.77. The third kappa shape index (κ3) is 2.38. The molecule has 0 bridgehead atoms. The molecule has 0 saturated carbocycles. The van der Waals surface area contributed by atoms with Crippen molar-refractivity contribution in [3.8, 4) is 10.6 Å². The van der Waals surface area contributed by atoms with Crippen molar-refractivity contribution in [1.29, 1.82) is 0 Å². The first-order chi connectivity index (χ1) is 9.35. The second-order valence-corrected chi connectivity index (χ2v) is 7.40. The topological polar surface area (TPSA) is 33.1 Å². The summed E-state index contributed by atoms with van der Waals surface area (Å²) in [6.07, 6.45) is 1.09. The Labute approximate surface area is 122 Å². The summed E-state index contributed by atoms with van der Waals surface area (Å²) in [6, 6.07) is 5.05. The van der Waals surface area contributed by atoms with Gasteiger partial charge >= 0.3 is 0 Å².